The van der Waals surface area contributed by atoms with Crippen LogP contribution in [0, 0.1) is 5.92 Å². The number of benzene rings is 1. The maximum absolute atomic E-state index is 13.1. The van der Waals surface area contributed by atoms with Crippen LogP contribution in [0.3, 0.4) is 0 Å². The molecule has 34 heavy (non-hydrogen) atoms. The van der Waals surface area contributed by atoms with Gasteiger partial charge in [-0.25, -0.2) is 4.79 Å². The van der Waals surface area contributed by atoms with Crippen molar-refractivity contribution in [2.24, 2.45) is 10.9 Å². The Bertz CT molecular complexity index is 1210. The second kappa shape index (κ2) is 10.3. The van der Waals surface area contributed by atoms with Gasteiger partial charge < -0.3 is 9.90 Å². The van der Waals surface area contributed by atoms with Crippen LogP contribution in [0.4, 0.5) is 24.7 Å². The molecule has 2 heterocycles. The molecular weight excluding hydrogens is 521 g/mol. The van der Waals surface area contributed by atoms with Gasteiger partial charge in [0.05, 0.1) is 6.42 Å². The third kappa shape index (κ3) is 5.84. The van der Waals surface area contributed by atoms with Gasteiger partial charge in [-0.1, -0.05) is 41.9 Å². The number of aromatic nitrogens is 2. The molecule has 8 nitrogen and oxygen atoms in total. The molecular formula is C22H24BrF3N4O4. The number of hydrogen-bond donors (Lipinski definition) is 1. The van der Waals surface area contributed by atoms with Crippen LogP contribution >= 0.6 is 15.9 Å². The predicted octanol–water partition coefficient (Wildman–Crippen LogP) is 1.93. The second-order valence-corrected chi connectivity index (χ2v) is 9.54. The lowest BCUT2D eigenvalue weighted by Crippen LogP contribution is -2.83. The van der Waals surface area contributed by atoms with E-state index in [1.165, 1.54) is 4.57 Å². The number of nitrogens with zero attached hydrogens (tertiary/aromatic N) is 3. The molecule has 0 radical (unpaired) electrons. The summed E-state index contributed by atoms with van der Waals surface area (Å²) in [6.45, 7) is 4.71. The topological polar surface area (TPSA) is 113 Å². The van der Waals surface area contributed by atoms with Crippen molar-refractivity contribution in [3.8, 4) is 0 Å². The average Bonchev–Trinajstić information content (AvgIpc) is 3.12. The van der Waals surface area contributed by atoms with E-state index in [2.05, 4.69) is 34.8 Å². The van der Waals surface area contributed by atoms with Gasteiger partial charge >= 0.3 is 17.4 Å². The van der Waals surface area contributed by atoms with Gasteiger partial charge in [-0.3, -0.25) is 19.2 Å². The van der Waals surface area contributed by atoms with E-state index in [1.54, 1.807) is 4.57 Å². The fraction of sp³-hybridized carbons (Fsp3) is 0.455. The third-order valence-electron chi connectivity index (χ3n) is 5.46. The number of halogens is 4. The molecule has 0 unspecified atom stereocenters. The number of fused-ring (bicyclic) bond motifs is 1. The minimum atomic E-state index is -5.19. The predicted molar refractivity (Wildman–Crippen MR) is 120 cm³/mol. The number of nitrogens with two attached hydrogens (primary N) is 1. The van der Waals surface area contributed by atoms with Crippen LogP contribution in [0.15, 0.2) is 43.3 Å². The van der Waals surface area contributed by atoms with E-state index in [1.807, 2.05) is 29.6 Å². The zero-order valence-corrected chi connectivity index (χ0v) is 20.1. The van der Waals surface area contributed by atoms with Crippen molar-refractivity contribution in [3.05, 3.63) is 55.1 Å². The van der Waals surface area contributed by atoms with Crippen LogP contribution in [0.5, 0.6) is 0 Å². The number of carbonyl (C=O) groups is 1. The Morgan fingerprint density at radius 2 is 1.82 bits per heavy atom. The normalized spacial score (nSPS) is 15.3. The molecule has 0 amide bonds. The smallest absolute Gasteiger partial charge is 0.430 e. The number of alkyl halides is 3. The highest BCUT2D eigenvalue weighted by molar-refractivity contribution is 9.10. The Labute approximate surface area is 201 Å². The number of hydrogen-bond acceptors (Lipinski definition) is 5. The number of quaternary nitrogens is 1. The highest BCUT2D eigenvalue weighted by Gasteiger charge is 2.33. The minimum Gasteiger partial charge on any atom is -0.542 e. The number of aliphatic imine (C=N–C) groups is 1. The first-order chi connectivity index (χ1) is 15.9. The molecule has 0 bridgehead atoms. The second-order valence-electron chi connectivity index (χ2n) is 8.62. The lowest BCUT2D eigenvalue weighted by Gasteiger charge is -2.27. The van der Waals surface area contributed by atoms with Crippen LogP contribution in [-0.2, 0) is 17.8 Å². The zero-order valence-electron chi connectivity index (χ0n) is 18.6. The highest BCUT2D eigenvalue weighted by Crippen LogP contribution is 2.30. The maximum Gasteiger partial charge on any atom is 0.430 e. The fourth-order valence-electron chi connectivity index (χ4n) is 3.66. The number of aliphatic carboxylic acids is 1. The largest absolute Gasteiger partial charge is 0.542 e. The molecule has 1 fully saturated rings. The van der Waals surface area contributed by atoms with Gasteiger partial charge in [0.25, 0.3) is 0 Å². The first-order valence-corrected chi connectivity index (χ1v) is 11.5. The minimum absolute atomic E-state index is 0.0395. The summed E-state index contributed by atoms with van der Waals surface area (Å²) in [6, 6.07) is 8.11. The number of carboxylic acid groups (broad SMARTS) is 1. The summed E-state index contributed by atoms with van der Waals surface area (Å²) >= 11 is 3.44. The van der Waals surface area contributed by atoms with E-state index in [9.17, 15) is 22.8 Å². The lowest BCUT2D eigenvalue weighted by molar-refractivity contribution is -0.442. The van der Waals surface area contributed by atoms with Crippen LogP contribution in [0.25, 0.3) is 0 Å². The quantitative estimate of drug-likeness (QED) is 0.619. The van der Waals surface area contributed by atoms with E-state index >= 15 is 0 Å². The molecule has 1 aromatic heterocycles. The first kappa shape index (κ1) is 25.9. The Kier molecular flexibility index (Phi) is 7.81. The van der Waals surface area contributed by atoms with Crippen LogP contribution in [0.1, 0.15) is 44.7 Å². The molecule has 1 aliphatic carbocycles. The summed E-state index contributed by atoms with van der Waals surface area (Å²) < 4.78 is 35.7. The summed E-state index contributed by atoms with van der Waals surface area (Å²) in [5.41, 5.74) is 1.29. The first-order valence-electron chi connectivity index (χ1n) is 10.7. The molecule has 1 aliphatic heterocycles. The van der Waals surface area contributed by atoms with Gasteiger partial charge in [0.1, 0.15) is 5.97 Å². The van der Waals surface area contributed by atoms with Crippen molar-refractivity contribution in [2.75, 3.05) is 0 Å². The zero-order chi connectivity index (χ0) is 25.2. The van der Waals surface area contributed by atoms with E-state index in [4.69, 9.17) is 9.90 Å². The van der Waals surface area contributed by atoms with Crippen LogP contribution < -0.4 is 21.7 Å². The van der Waals surface area contributed by atoms with Gasteiger partial charge in [0.15, 0.2) is 0 Å². The number of carboxylic acids is 1. The molecule has 4 rings (SSSR count). The van der Waals surface area contributed by atoms with E-state index in [0.717, 1.165) is 35.1 Å². The Balaban J connectivity index is 0.000000406. The van der Waals surface area contributed by atoms with Gasteiger partial charge in [0.2, 0.25) is 17.3 Å². The number of rotatable bonds is 5. The van der Waals surface area contributed by atoms with Crippen molar-refractivity contribution >= 4 is 39.2 Å². The third-order valence-corrected chi connectivity index (χ3v) is 5.99. The SMILES string of the molecule is CC(C)Cn1c2c(c(=O)n(C3CCC3)c1=O)[NH2+]C(Cc1ccc(Br)cc1)=N2.O=C([O-])C(F)(F)F. The van der Waals surface area contributed by atoms with Crippen molar-refractivity contribution in [2.45, 2.75) is 58.3 Å². The van der Waals surface area contributed by atoms with Gasteiger partial charge in [-0.15, -0.1) is 0 Å². The molecule has 0 atom stereocenters. The van der Waals surface area contributed by atoms with Gasteiger partial charge in [-0.05, 0) is 42.9 Å². The van der Waals surface area contributed by atoms with E-state index in [0.29, 0.717) is 30.4 Å². The summed E-state index contributed by atoms with van der Waals surface area (Å²) in [5.74, 6) is -1.36. The summed E-state index contributed by atoms with van der Waals surface area (Å²) in [6.07, 6.45) is -1.67. The number of amidine groups is 1. The van der Waals surface area contributed by atoms with Crippen molar-refractivity contribution in [3.63, 3.8) is 0 Å². The van der Waals surface area contributed by atoms with Crippen molar-refractivity contribution in [1.82, 2.24) is 9.13 Å². The molecule has 1 aromatic carbocycles. The Hall–Kier alpha value is -2.73. The Morgan fingerprint density at radius 3 is 2.29 bits per heavy atom. The fourth-order valence-corrected chi connectivity index (χ4v) is 3.92. The van der Waals surface area contributed by atoms with Crippen molar-refractivity contribution < 1.29 is 28.4 Å². The molecule has 184 valence electrons. The summed E-state index contributed by atoms with van der Waals surface area (Å²) in [4.78, 5) is 39.6. The van der Waals surface area contributed by atoms with Gasteiger partial charge in [-0.2, -0.15) is 18.2 Å². The monoisotopic (exact) mass is 544 g/mol. The molecule has 0 saturated heterocycles. The summed E-state index contributed by atoms with van der Waals surface area (Å²) in [5, 5.41) is 10.7. The van der Waals surface area contributed by atoms with Crippen LogP contribution in [0.2, 0.25) is 0 Å². The van der Waals surface area contributed by atoms with E-state index < -0.39 is 12.1 Å². The van der Waals surface area contributed by atoms with Crippen LogP contribution in [-0.4, -0.2) is 27.1 Å². The maximum atomic E-state index is 13.1. The molecule has 1 saturated carbocycles. The standard InChI is InChI=1S/C20H23BrN4O2.C2HF3O2/c1-12(2)11-24-18-17(19(26)25(20(24)27)15-4-3-5-15)22-16(23-18)10-13-6-8-14(21)9-7-13;3-2(4,5)1(6)7/h6-9,12,15H,3-5,10-11H2,1-2H3,(H,22,23);(H,6,7). The van der Waals surface area contributed by atoms with Crippen molar-refractivity contribution in [1.29, 1.82) is 0 Å². The Morgan fingerprint density at radius 1 is 1.24 bits per heavy atom. The van der Waals surface area contributed by atoms with Gasteiger partial charge in [0, 0.05) is 17.1 Å². The number of carbonyl (C=O) groups excluding carboxylic acids is 1. The molecule has 2 aromatic rings. The molecule has 2 aliphatic rings. The molecule has 0 spiro atoms. The summed E-state index contributed by atoms with van der Waals surface area (Å²) in [7, 11) is 0. The lowest BCUT2D eigenvalue weighted by atomic mass is 9.93. The molecule has 2 N–H and O–H groups in total. The highest BCUT2D eigenvalue weighted by atomic mass is 79.9. The van der Waals surface area contributed by atoms with E-state index in [-0.39, 0.29) is 17.3 Å². The molecule has 12 heteroatoms. The average molecular weight is 545 g/mol.